The number of ether oxygens (including phenoxy) is 1. The van der Waals surface area contributed by atoms with Crippen molar-refractivity contribution in [3.8, 4) is 17.2 Å². The zero-order valence-electron chi connectivity index (χ0n) is 13.1. The highest BCUT2D eigenvalue weighted by molar-refractivity contribution is 5.89. The van der Waals surface area contributed by atoms with E-state index in [4.69, 9.17) is 9.84 Å². The van der Waals surface area contributed by atoms with E-state index < -0.39 is 17.5 Å². The first-order valence-corrected chi connectivity index (χ1v) is 7.02. The minimum Gasteiger partial charge on any atom is -0.504 e. The van der Waals surface area contributed by atoms with Crippen molar-refractivity contribution in [3.63, 3.8) is 0 Å². The summed E-state index contributed by atoms with van der Waals surface area (Å²) in [5.41, 5.74) is 2.26. The number of hydrogen-bond donors (Lipinski definition) is 3. The third-order valence-corrected chi connectivity index (χ3v) is 3.06. The summed E-state index contributed by atoms with van der Waals surface area (Å²) < 4.78 is 5.34. The summed E-state index contributed by atoms with van der Waals surface area (Å²) in [5.74, 6) is -2.22. The second-order valence-electron chi connectivity index (χ2n) is 5.33. The van der Waals surface area contributed by atoms with E-state index in [1.54, 1.807) is 0 Å². The average molecular weight is 306 g/mol. The van der Waals surface area contributed by atoms with Gasteiger partial charge in [0.15, 0.2) is 11.5 Å². The van der Waals surface area contributed by atoms with E-state index in [1.807, 2.05) is 26.8 Å². The Morgan fingerprint density at radius 3 is 2.45 bits per heavy atom. The van der Waals surface area contributed by atoms with Gasteiger partial charge in [0.2, 0.25) is 5.75 Å². The zero-order chi connectivity index (χ0) is 16.7. The molecule has 1 rings (SSSR count). The van der Waals surface area contributed by atoms with Crippen LogP contribution in [0.2, 0.25) is 0 Å². The molecule has 0 aliphatic carbocycles. The minimum absolute atomic E-state index is 0.0502. The van der Waals surface area contributed by atoms with Gasteiger partial charge in [0.1, 0.15) is 6.61 Å². The van der Waals surface area contributed by atoms with E-state index in [2.05, 4.69) is 6.08 Å². The molecule has 5 heteroatoms. The van der Waals surface area contributed by atoms with Crippen LogP contribution in [0, 0.1) is 0 Å². The lowest BCUT2D eigenvalue weighted by Gasteiger charge is -2.09. The number of hydrogen-bond acceptors (Lipinski definition) is 4. The van der Waals surface area contributed by atoms with Gasteiger partial charge >= 0.3 is 5.97 Å². The fraction of sp³-hybridized carbons (Fsp3) is 0.353. The molecule has 5 nitrogen and oxygen atoms in total. The first-order valence-electron chi connectivity index (χ1n) is 7.02. The molecule has 0 saturated carbocycles. The van der Waals surface area contributed by atoms with Crippen LogP contribution >= 0.6 is 0 Å². The standard InChI is InChI=1S/C17H22O5/c1-11(2)5-4-6-12(3)7-8-22-15-10-13(17(20)21)9-14(18)16(15)19/h5,7,9-10,18-19H,4,6,8H2,1-3H3,(H,20,21)/b12-7+. The van der Waals surface area contributed by atoms with E-state index >= 15 is 0 Å². The van der Waals surface area contributed by atoms with Crippen LogP contribution in [0.3, 0.4) is 0 Å². The quantitative estimate of drug-likeness (QED) is 0.526. The van der Waals surface area contributed by atoms with Gasteiger partial charge in [0, 0.05) is 0 Å². The van der Waals surface area contributed by atoms with Crippen LogP contribution in [0.5, 0.6) is 17.2 Å². The Morgan fingerprint density at radius 2 is 1.86 bits per heavy atom. The maximum absolute atomic E-state index is 10.9. The number of carboxylic acid groups (broad SMARTS) is 1. The number of rotatable bonds is 7. The van der Waals surface area contributed by atoms with Gasteiger partial charge in [-0.2, -0.15) is 0 Å². The lowest BCUT2D eigenvalue weighted by molar-refractivity contribution is 0.0696. The summed E-state index contributed by atoms with van der Waals surface area (Å²) in [6, 6.07) is 2.16. The van der Waals surface area contributed by atoms with Crippen molar-refractivity contribution in [2.45, 2.75) is 33.6 Å². The van der Waals surface area contributed by atoms with Crippen molar-refractivity contribution < 1.29 is 24.9 Å². The van der Waals surface area contributed by atoms with Gasteiger partial charge in [-0.15, -0.1) is 0 Å². The van der Waals surface area contributed by atoms with Gasteiger partial charge in [-0.1, -0.05) is 17.2 Å². The predicted molar refractivity (Wildman–Crippen MR) is 84.6 cm³/mol. The molecular formula is C17H22O5. The van der Waals surface area contributed by atoms with Crippen molar-refractivity contribution >= 4 is 5.97 Å². The molecule has 0 amide bonds. The van der Waals surface area contributed by atoms with Crippen molar-refractivity contribution in [1.82, 2.24) is 0 Å². The Morgan fingerprint density at radius 1 is 1.18 bits per heavy atom. The van der Waals surface area contributed by atoms with Gasteiger partial charge in [-0.3, -0.25) is 0 Å². The van der Waals surface area contributed by atoms with Gasteiger partial charge in [-0.25, -0.2) is 4.79 Å². The maximum atomic E-state index is 10.9. The summed E-state index contributed by atoms with van der Waals surface area (Å²) in [6.45, 7) is 6.27. The Labute approximate surface area is 130 Å². The van der Waals surface area contributed by atoms with Crippen molar-refractivity contribution in [3.05, 3.63) is 41.0 Å². The van der Waals surface area contributed by atoms with Gasteiger partial charge < -0.3 is 20.1 Å². The normalized spacial score (nSPS) is 11.1. The lowest BCUT2D eigenvalue weighted by Crippen LogP contribution is -2.00. The average Bonchev–Trinajstić information content (AvgIpc) is 2.42. The third-order valence-electron chi connectivity index (χ3n) is 3.06. The molecule has 0 aliphatic heterocycles. The fourth-order valence-electron chi connectivity index (χ4n) is 1.79. The highest BCUT2D eigenvalue weighted by Gasteiger charge is 2.14. The monoisotopic (exact) mass is 306 g/mol. The smallest absolute Gasteiger partial charge is 0.335 e. The van der Waals surface area contributed by atoms with Gasteiger partial charge in [-0.05, 0) is 51.8 Å². The molecule has 0 radical (unpaired) electrons. The lowest BCUT2D eigenvalue weighted by atomic mass is 10.1. The Balaban J connectivity index is 2.68. The van der Waals surface area contributed by atoms with E-state index in [9.17, 15) is 15.0 Å². The number of aromatic carboxylic acids is 1. The van der Waals surface area contributed by atoms with E-state index in [1.165, 1.54) is 11.6 Å². The van der Waals surface area contributed by atoms with Crippen LogP contribution in [0.15, 0.2) is 35.4 Å². The molecule has 22 heavy (non-hydrogen) atoms. The molecule has 1 aromatic carbocycles. The van der Waals surface area contributed by atoms with Crippen LogP contribution in [-0.4, -0.2) is 27.9 Å². The second kappa shape index (κ2) is 8.12. The predicted octanol–water partition coefficient (Wildman–Crippen LogP) is 3.87. The van der Waals surface area contributed by atoms with Crippen LogP contribution in [0.4, 0.5) is 0 Å². The van der Waals surface area contributed by atoms with Crippen LogP contribution in [0.25, 0.3) is 0 Å². The Hall–Kier alpha value is -2.43. The molecule has 0 fully saturated rings. The van der Waals surface area contributed by atoms with Crippen molar-refractivity contribution in [2.75, 3.05) is 6.61 Å². The molecule has 120 valence electrons. The summed E-state index contributed by atoms with van der Waals surface area (Å²) >= 11 is 0. The topological polar surface area (TPSA) is 87.0 Å². The van der Waals surface area contributed by atoms with Gasteiger partial charge in [0.25, 0.3) is 0 Å². The zero-order valence-corrected chi connectivity index (χ0v) is 13.1. The van der Waals surface area contributed by atoms with Crippen LogP contribution in [-0.2, 0) is 0 Å². The number of carboxylic acids is 1. The molecule has 1 aromatic rings. The highest BCUT2D eigenvalue weighted by atomic mass is 16.5. The maximum Gasteiger partial charge on any atom is 0.335 e. The first kappa shape index (κ1) is 17.6. The number of phenols is 2. The molecule has 0 spiro atoms. The molecule has 0 bridgehead atoms. The summed E-state index contributed by atoms with van der Waals surface area (Å²) in [6.07, 6.45) is 5.87. The molecule has 0 atom stereocenters. The molecule has 0 aliphatic rings. The molecule has 3 N–H and O–H groups in total. The third kappa shape index (κ3) is 5.52. The van der Waals surface area contributed by atoms with Crippen LogP contribution < -0.4 is 4.74 Å². The molecule has 0 unspecified atom stereocenters. The number of carbonyl (C=O) groups is 1. The van der Waals surface area contributed by atoms with Gasteiger partial charge in [0.05, 0.1) is 5.56 Å². The number of benzene rings is 1. The van der Waals surface area contributed by atoms with Crippen molar-refractivity contribution in [2.24, 2.45) is 0 Å². The SMILES string of the molecule is CC(C)=CCC/C(C)=C/COc1cc(C(=O)O)cc(O)c1O. The second-order valence-corrected chi connectivity index (χ2v) is 5.33. The Kier molecular flexibility index (Phi) is 6.50. The van der Waals surface area contributed by atoms with E-state index in [0.717, 1.165) is 24.5 Å². The number of aromatic hydroxyl groups is 2. The first-order chi connectivity index (χ1) is 10.3. The van der Waals surface area contributed by atoms with E-state index in [0.29, 0.717) is 0 Å². The highest BCUT2D eigenvalue weighted by Crippen LogP contribution is 2.36. The largest absolute Gasteiger partial charge is 0.504 e. The fourth-order valence-corrected chi connectivity index (χ4v) is 1.79. The number of phenolic OH excluding ortho intramolecular Hbond substituents is 2. The molecule has 0 saturated heterocycles. The molecule has 0 aromatic heterocycles. The Bertz CT molecular complexity index is 595. The summed E-state index contributed by atoms with van der Waals surface area (Å²) in [5, 5.41) is 28.1. The van der Waals surface area contributed by atoms with Crippen LogP contribution in [0.1, 0.15) is 44.0 Å². The molecule has 0 heterocycles. The summed E-state index contributed by atoms with van der Waals surface area (Å²) in [7, 11) is 0. The number of allylic oxidation sites excluding steroid dienone is 3. The van der Waals surface area contributed by atoms with E-state index in [-0.39, 0.29) is 17.9 Å². The molecular weight excluding hydrogens is 284 g/mol. The minimum atomic E-state index is -1.20. The van der Waals surface area contributed by atoms with Crippen molar-refractivity contribution in [1.29, 1.82) is 0 Å². The summed E-state index contributed by atoms with van der Waals surface area (Å²) in [4.78, 5) is 10.9.